The Bertz CT molecular complexity index is 565. The van der Waals surface area contributed by atoms with Gasteiger partial charge in [-0.3, -0.25) is 0 Å². The molecule has 0 fully saturated rings. The lowest BCUT2D eigenvalue weighted by molar-refractivity contribution is 0.973. The first-order chi connectivity index (χ1) is 11.1. The van der Waals surface area contributed by atoms with Crippen molar-refractivity contribution in [2.45, 2.75) is 33.6 Å². The molecule has 0 spiro atoms. The Morgan fingerprint density at radius 1 is 1.09 bits per heavy atom. The maximum atomic E-state index is 5.91. The lowest BCUT2D eigenvalue weighted by Gasteiger charge is -2.06. The lowest BCUT2D eigenvalue weighted by Crippen LogP contribution is -1.90. The van der Waals surface area contributed by atoms with Gasteiger partial charge in [-0.15, -0.1) is 0 Å². The normalized spacial score (nSPS) is 11.0. The zero-order valence-corrected chi connectivity index (χ0v) is 15.3. The van der Waals surface area contributed by atoms with E-state index in [1.165, 1.54) is 5.56 Å². The second-order valence-electron chi connectivity index (χ2n) is 4.74. The molecule has 0 aliphatic heterocycles. The van der Waals surface area contributed by atoms with Crippen LogP contribution in [0.2, 0.25) is 5.02 Å². The second kappa shape index (κ2) is 12.7. The molecule has 0 aliphatic rings. The summed E-state index contributed by atoms with van der Waals surface area (Å²) in [5.41, 5.74) is 13.8. The fraction of sp³-hybridized carbons (Fsp3) is 0.300. The summed E-state index contributed by atoms with van der Waals surface area (Å²) in [7, 11) is 0. The number of benzene rings is 2. The number of anilines is 1. The van der Waals surface area contributed by atoms with Gasteiger partial charge in [0.1, 0.15) is 0 Å². The van der Waals surface area contributed by atoms with Crippen LogP contribution in [0.5, 0.6) is 0 Å². The topological polar surface area (TPSA) is 52.0 Å². The van der Waals surface area contributed by atoms with Gasteiger partial charge in [0.2, 0.25) is 0 Å². The number of hydrogen-bond acceptors (Lipinski definition) is 2. The number of rotatable bonds is 3. The highest BCUT2D eigenvalue weighted by Crippen LogP contribution is 2.22. The Balaban J connectivity index is 0.000000868. The van der Waals surface area contributed by atoms with E-state index < -0.39 is 0 Å². The summed E-state index contributed by atoms with van der Waals surface area (Å²) in [6.07, 6.45) is 4.19. The number of halogens is 1. The predicted octanol–water partition coefficient (Wildman–Crippen LogP) is 5.73. The van der Waals surface area contributed by atoms with Crippen molar-refractivity contribution in [2.75, 3.05) is 12.3 Å². The summed E-state index contributed by atoms with van der Waals surface area (Å²) >= 11 is 5.87. The summed E-state index contributed by atoms with van der Waals surface area (Å²) in [5, 5.41) is 0.667. The molecule has 0 saturated heterocycles. The third kappa shape index (κ3) is 8.44. The van der Waals surface area contributed by atoms with E-state index >= 15 is 0 Å². The van der Waals surface area contributed by atoms with E-state index in [1.807, 2.05) is 45.0 Å². The largest absolute Gasteiger partial charge is 0.398 e. The molecular formula is C20H29ClN2. The molecule has 2 aromatic carbocycles. The molecule has 1 unspecified atom stereocenters. The molecule has 0 aromatic heterocycles. The van der Waals surface area contributed by atoms with Gasteiger partial charge in [-0.25, -0.2) is 0 Å². The van der Waals surface area contributed by atoms with Crippen molar-refractivity contribution in [3.05, 3.63) is 70.8 Å². The highest BCUT2D eigenvalue weighted by atomic mass is 35.5. The molecule has 1 atom stereocenters. The van der Waals surface area contributed by atoms with Crippen molar-refractivity contribution in [3.8, 4) is 0 Å². The monoisotopic (exact) mass is 332 g/mol. The summed E-state index contributed by atoms with van der Waals surface area (Å²) in [5.74, 6) is 0.362. The quantitative estimate of drug-likeness (QED) is 0.705. The van der Waals surface area contributed by atoms with Gasteiger partial charge in [0.05, 0.1) is 0 Å². The number of nitrogens with two attached hydrogens (primary N) is 2. The Labute approximate surface area is 146 Å². The van der Waals surface area contributed by atoms with E-state index in [-0.39, 0.29) is 0 Å². The molecule has 0 heterocycles. The van der Waals surface area contributed by atoms with Gasteiger partial charge >= 0.3 is 0 Å². The van der Waals surface area contributed by atoms with Gasteiger partial charge in [-0.05, 0) is 35.7 Å². The molecule has 0 saturated carbocycles. The summed E-state index contributed by atoms with van der Waals surface area (Å²) < 4.78 is 0. The van der Waals surface area contributed by atoms with Crippen LogP contribution in [0.15, 0.2) is 54.6 Å². The van der Waals surface area contributed by atoms with Crippen LogP contribution >= 0.6 is 11.6 Å². The van der Waals surface area contributed by atoms with E-state index in [0.717, 1.165) is 12.1 Å². The van der Waals surface area contributed by atoms with Gasteiger partial charge < -0.3 is 11.5 Å². The van der Waals surface area contributed by atoms with Crippen LogP contribution in [0.1, 0.15) is 44.7 Å². The van der Waals surface area contributed by atoms with E-state index in [2.05, 4.69) is 37.3 Å². The highest BCUT2D eigenvalue weighted by Gasteiger charge is 2.01. The van der Waals surface area contributed by atoms with Crippen molar-refractivity contribution in [1.82, 2.24) is 0 Å². The first-order valence-corrected chi connectivity index (χ1v) is 8.44. The van der Waals surface area contributed by atoms with E-state index in [9.17, 15) is 0 Å². The SMILES string of the molecule is CC.CC(/C=C/c1ccc(Cl)cc1N)c1ccccc1.CCN. The van der Waals surface area contributed by atoms with E-state index in [1.54, 1.807) is 6.07 Å². The lowest BCUT2D eigenvalue weighted by atomic mass is 10.00. The molecular weight excluding hydrogens is 304 g/mol. The molecule has 2 aromatic rings. The summed E-state index contributed by atoms with van der Waals surface area (Å²) in [4.78, 5) is 0. The zero-order chi connectivity index (χ0) is 17.7. The molecule has 0 aliphatic carbocycles. The minimum absolute atomic E-state index is 0.362. The third-order valence-electron chi connectivity index (χ3n) is 2.94. The van der Waals surface area contributed by atoms with Crippen LogP contribution in [0.4, 0.5) is 5.69 Å². The smallest absolute Gasteiger partial charge is 0.0426 e. The van der Waals surface area contributed by atoms with E-state index in [0.29, 0.717) is 16.6 Å². The Hall–Kier alpha value is -1.77. The first kappa shape index (κ1) is 21.2. The van der Waals surface area contributed by atoms with Crippen LogP contribution in [0.25, 0.3) is 6.08 Å². The van der Waals surface area contributed by atoms with Crippen molar-refractivity contribution >= 4 is 23.4 Å². The van der Waals surface area contributed by atoms with Gasteiger partial charge in [0.15, 0.2) is 0 Å². The minimum atomic E-state index is 0.362. The minimum Gasteiger partial charge on any atom is -0.398 e. The average molecular weight is 333 g/mol. The standard InChI is InChI=1S/C16H16ClN.C2H7N.C2H6/c1-12(13-5-3-2-4-6-13)7-8-14-9-10-15(17)11-16(14)18;1-2-3;1-2/h2-12H,18H2,1H3;2-3H2,1H3;1-2H3/b8-7+;;. The molecule has 23 heavy (non-hydrogen) atoms. The maximum absolute atomic E-state index is 5.91. The Morgan fingerprint density at radius 3 is 2.17 bits per heavy atom. The van der Waals surface area contributed by atoms with Gasteiger partial charge in [-0.2, -0.15) is 0 Å². The molecule has 0 bridgehead atoms. The molecule has 0 amide bonds. The fourth-order valence-corrected chi connectivity index (χ4v) is 1.99. The highest BCUT2D eigenvalue weighted by molar-refractivity contribution is 6.30. The fourth-order valence-electron chi connectivity index (χ4n) is 1.81. The van der Waals surface area contributed by atoms with Crippen molar-refractivity contribution in [2.24, 2.45) is 5.73 Å². The van der Waals surface area contributed by atoms with Crippen LogP contribution in [0, 0.1) is 0 Å². The molecule has 126 valence electrons. The first-order valence-electron chi connectivity index (χ1n) is 8.06. The van der Waals surface area contributed by atoms with Crippen LogP contribution in [-0.4, -0.2) is 6.54 Å². The number of allylic oxidation sites excluding steroid dienone is 1. The summed E-state index contributed by atoms with van der Waals surface area (Å²) in [6.45, 7) is 8.82. The Kier molecular flexibility index (Phi) is 11.8. The number of nitrogen functional groups attached to an aromatic ring is 1. The molecule has 4 N–H and O–H groups in total. The van der Waals surface area contributed by atoms with Crippen molar-refractivity contribution < 1.29 is 0 Å². The van der Waals surface area contributed by atoms with Crippen LogP contribution < -0.4 is 11.5 Å². The third-order valence-corrected chi connectivity index (χ3v) is 3.17. The van der Waals surface area contributed by atoms with E-state index in [4.69, 9.17) is 23.1 Å². The molecule has 0 radical (unpaired) electrons. The maximum Gasteiger partial charge on any atom is 0.0426 e. The molecule has 2 rings (SSSR count). The molecule has 3 heteroatoms. The zero-order valence-electron chi connectivity index (χ0n) is 14.6. The van der Waals surface area contributed by atoms with Crippen LogP contribution in [-0.2, 0) is 0 Å². The summed E-state index contributed by atoms with van der Waals surface area (Å²) in [6, 6.07) is 15.9. The second-order valence-corrected chi connectivity index (χ2v) is 5.18. The Morgan fingerprint density at radius 2 is 1.65 bits per heavy atom. The van der Waals surface area contributed by atoms with Gasteiger partial charge in [0, 0.05) is 10.7 Å². The van der Waals surface area contributed by atoms with Crippen molar-refractivity contribution in [1.29, 1.82) is 0 Å². The van der Waals surface area contributed by atoms with Crippen LogP contribution in [0.3, 0.4) is 0 Å². The van der Waals surface area contributed by atoms with Gasteiger partial charge in [-0.1, -0.05) is 87.8 Å². The van der Waals surface area contributed by atoms with Crippen molar-refractivity contribution in [3.63, 3.8) is 0 Å². The number of hydrogen-bond donors (Lipinski definition) is 2. The predicted molar refractivity (Wildman–Crippen MR) is 106 cm³/mol. The van der Waals surface area contributed by atoms with Gasteiger partial charge in [0.25, 0.3) is 0 Å². The average Bonchev–Trinajstić information content (AvgIpc) is 2.57. The molecule has 2 nitrogen and oxygen atoms in total.